The molecule has 1 nitrogen and oxygen atoms in total. The molecule has 3 heteroatoms. The average molecular weight is 199 g/mol. The molecular weight excluding hydrogens is 178 g/mol. The Hall–Kier alpha value is -0.0462. The summed E-state index contributed by atoms with van der Waals surface area (Å²) in [7, 11) is -2.38. The molecule has 0 atom stereocenters. The molecule has 12 heavy (non-hydrogen) atoms. The Labute approximate surface area is 79.3 Å². The van der Waals surface area contributed by atoms with Gasteiger partial charge in [-0.2, -0.15) is 0 Å². The van der Waals surface area contributed by atoms with Gasteiger partial charge in [0.1, 0.15) is 16.5 Å². The molecule has 0 aromatic carbocycles. The Kier molecular flexibility index (Phi) is 3.76. The first-order chi connectivity index (χ1) is 5.19. The van der Waals surface area contributed by atoms with Crippen LogP contribution >= 0.6 is 0 Å². The van der Waals surface area contributed by atoms with Crippen LogP contribution in [0.4, 0.5) is 0 Å². The van der Waals surface area contributed by atoms with Crippen molar-refractivity contribution in [2.24, 2.45) is 0 Å². The van der Waals surface area contributed by atoms with Crippen LogP contribution in [0.1, 0.15) is 0 Å². The minimum absolute atomic E-state index is 0.839. The SMILES string of the molecule is C#CCN([Si](C)(C)C)[Si](C)(C)C. The zero-order chi connectivity index (χ0) is 9.99. The summed E-state index contributed by atoms with van der Waals surface area (Å²) < 4.78 is 2.60. The van der Waals surface area contributed by atoms with Crippen molar-refractivity contribution in [3.8, 4) is 12.3 Å². The van der Waals surface area contributed by atoms with Crippen LogP contribution in [-0.4, -0.2) is 27.2 Å². The number of hydrogen-bond acceptors (Lipinski definition) is 1. The first kappa shape index (κ1) is 12.0. The number of nitrogens with zero attached hydrogens (tertiary/aromatic N) is 1. The van der Waals surface area contributed by atoms with Crippen LogP contribution in [0.5, 0.6) is 0 Å². The van der Waals surface area contributed by atoms with Gasteiger partial charge in [-0.25, -0.2) is 0 Å². The number of hydrogen-bond donors (Lipinski definition) is 0. The lowest BCUT2D eigenvalue weighted by molar-refractivity contribution is 0.699. The van der Waals surface area contributed by atoms with Crippen LogP contribution in [0.3, 0.4) is 0 Å². The third kappa shape index (κ3) is 3.57. The van der Waals surface area contributed by atoms with Crippen LogP contribution in [0.15, 0.2) is 0 Å². The monoisotopic (exact) mass is 199 g/mol. The summed E-state index contributed by atoms with van der Waals surface area (Å²) in [5.74, 6) is 2.78. The Balaban J connectivity index is 4.59. The van der Waals surface area contributed by atoms with Crippen LogP contribution in [-0.2, 0) is 0 Å². The predicted molar refractivity (Wildman–Crippen MR) is 62.2 cm³/mol. The van der Waals surface area contributed by atoms with Gasteiger partial charge in [-0.1, -0.05) is 45.2 Å². The molecule has 0 saturated heterocycles. The Bertz CT molecular complexity index is 166. The third-order valence-corrected chi connectivity index (χ3v) is 9.45. The molecule has 0 spiro atoms. The number of terminal acetylenes is 1. The maximum Gasteiger partial charge on any atom is 0.113 e. The minimum atomic E-state index is -1.19. The van der Waals surface area contributed by atoms with E-state index < -0.39 is 16.5 Å². The Morgan fingerprint density at radius 2 is 1.33 bits per heavy atom. The second-order valence-corrected chi connectivity index (χ2v) is 15.3. The lowest BCUT2D eigenvalue weighted by Gasteiger charge is -2.42. The summed E-state index contributed by atoms with van der Waals surface area (Å²) in [5, 5.41) is 0. The molecule has 0 aromatic heterocycles. The standard InChI is InChI=1S/C9H21NSi2/c1-8-9-10(11(2,3)4)12(5,6)7/h1H,9H2,2-7H3. The molecule has 70 valence electrons. The molecule has 0 saturated carbocycles. The molecule has 0 N–H and O–H groups in total. The fourth-order valence-corrected chi connectivity index (χ4v) is 10.8. The van der Waals surface area contributed by atoms with Gasteiger partial charge in [-0.3, -0.25) is 0 Å². The highest BCUT2D eigenvalue weighted by Crippen LogP contribution is 2.18. The van der Waals surface area contributed by atoms with E-state index in [1.165, 1.54) is 0 Å². The van der Waals surface area contributed by atoms with Crippen molar-refractivity contribution in [1.29, 1.82) is 0 Å². The largest absolute Gasteiger partial charge is 0.336 e. The van der Waals surface area contributed by atoms with Crippen molar-refractivity contribution < 1.29 is 0 Å². The predicted octanol–water partition coefficient (Wildman–Crippen LogP) is 2.59. The van der Waals surface area contributed by atoms with Gasteiger partial charge >= 0.3 is 0 Å². The summed E-state index contributed by atoms with van der Waals surface area (Å²) in [5.41, 5.74) is 0. The molecule has 0 aromatic rings. The molecule has 0 aliphatic heterocycles. The van der Waals surface area contributed by atoms with E-state index in [4.69, 9.17) is 6.42 Å². The maximum absolute atomic E-state index is 5.38. The lowest BCUT2D eigenvalue weighted by atomic mass is 10.7. The first-order valence-electron chi connectivity index (χ1n) is 4.41. The van der Waals surface area contributed by atoms with Crippen LogP contribution < -0.4 is 0 Å². The molecule has 0 fully saturated rings. The molecular formula is C9H21NSi2. The van der Waals surface area contributed by atoms with Gasteiger partial charge in [0.15, 0.2) is 0 Å². The second kappa shape index (κ2) is 3.78. The van der Waals surface area contributed by atoms with Gasteiger partial charge in [-0.15, -0.1) is 6.42 Å². The summed E-state index contributed by atoms with van der Waals surface area (Å²) in [6.45, 7) is 15.0. The van der Waals surface area contributed by atoms with E-state index in [0.717, 1.165) is 6.54 Å². The van der Waals surface area contributed by atoms with Gasteiger partial charge < -0.3 is 4.23 Å². The Morgan fingerprint density at radius 1 is 1.00 bits per heavy atom. The van der Waals surface area contributed by atoms with Gasteiger partial charge in [0.05, 0.1) is 0 Å². The molecule has 0 aliphatic carbocycles. The first-order valence-corrected chi connectivity index (χ1v) is 11.3. The minimum Gasteiger partial charge on any atom is -0.336 e. The van der Waals surface area contributed by atoms with E-state index in [9.17, 15) is 0 Å². The molecule has 0 radical (unpaired) electrons. The van der Waals surface area contributed by atoms with E-state index in [2.05, 4.69) is 49.4 Å². The highest BCUT2D eigenvalue weighted by atomic mass is 28.4. The highest BCUT2D eigenvalue weighted by Gasteiger charge is 2.33. The van der Waals surface area contributed by atoms with Crippen molar-refractivity contribution >= 4 is 16.5 Å². The summed E-state index contributed by atoms with van der Waals surface area (Å²) in [6.07, 6.45) is 5.38. The highest BCUT2D eigenvalue weighted by molar-refractivity contribution is 6.89. The van der Waals surface area contributed by atoms with E-state index >= 15 is 0 Å². The zero-order valence-electron chi connectivity index (χ0n) is 9.23. The molecule has 0 unspecified atom stereocenters. The topological polar surface area (TPSA) is 3.24 Å². The molecule has 0 aliphatic rings. The maximum atomic E-state index is 5.38. The van der Waals surface area contributed by atoms with Gasteiger partial charge in [0, 0.05) is 6.54 Å². The molecule has 0 amide bonds. The van der Waals surface area contributed by atoms with Crippen LogP contribution in [0.2, 0.25) is 39.3 Å². The van der Waals surface area contributed by atoms with Gasteiger partial charge in [0.25, 0.3) is 0 Å². The Morgan fingerprint density at radius 3 is 1.42 bits per heavy atom. The zero-order valence-corrected chi connectivity index (χ0v) is 11.2. The van der Waals surface area contributed by atoms with Crippen LogP contribution in [0.25, 0.3) is 0 Å². The smallest absolute Gasteiger partial charge is 0.113 e. The van der Waals surface area contributed by atoms with Crippen molar-refractivity contribution in [1.82, 2.24) is 4.23 Å². The van der Waals surface area contributed by atoms with Crippen molar-refractivity contribution in [3.05, 3.63) is 0 Å². The molecule has 0 bridgehead atoms. The van der Waals surface area contributed by atoms with Gasteiger partial charge in [-0.05, 0) is 0 Å². The molecule has 0 rings (SSSR count). The van der Waals surface area contributed by atoms with Crippen molar-refractivity contribution in [3.63, 3.8) is 0 Å². The number of rotatable bonds is 3. The van der Waals surface area contributed by atoms with Crippen molar-refractivity contribution in [2.45, 2.75) is 39.3 Å². The summed E-state index contributed by atoms with van der Waals surface area (Å²) in [6, 6.07) is 0. The second-order valence-electron chi connectivity index (χ2n) is 5.13. The lowest BCUT2D eigenvalue weighted by Crippen LogP contribution is -2.59. The average Bonchev–Trinajstić information content (AvgIpc) is 1.77. The quantitative estimate of drug-likeness (QED) is 0.499. The fraction of sp³-hybridized carbons (Fsp3) is 0.778. The normalized spacial score (nSPS) is 13.2. The van der Waals surface area contributed by atoms with Gasteiger partial charge in [0.2, 0.25) is 0 Å². The summed E-state index contributed by atoms with van der Waals surface area (Å²) in [4.78, 5) is 0. The van der Waals surface area contributed by atoms with E-state index in [0.29, 0.717) is 0 Å². The van der Waals surface area contributed by atoms with E-state index in [1.807, 2.05) is 0 Å². The molecule has 0 heterocycles. The van der Waals surface area contributed by atoms with Crippen molar-refractivity contribution in [2.75, 3.05) is 6.54 Å². The van der Waals surface area contributed by atoms with E-state index in [-0.39, 0.29) is 0 Å². The third-order valence-electron chi connectivity index (χ3n) is 1.87. The van der Waals surface area contributed by atoms with E-state index in [1.54, 1.807) is 0 Å². The summed E-state index contributed by atoms with van der Waals surface area (Å²) >= 11 is 0. The fourth-order valence-electron chi connectivity index (χ4n) is 1.57. The van der Waals surface area contributed by atoms with Crippen LogP contribution in [0, 0.1) is 12.3 Å².